The van der Waals surface area contributed by atoms with Crippen molar-refractivity contribution in [2.45, 2.75) is 13.5 Å². The number of aromatic amines is 1. The topological polar surface area (TPSA) is 97.2 Å². The van der Waals surface area contributed by atoms with Gasteiger partial charge < -0.3 is 20.8 Å². The van der Waals surface area contributed by atoms with Crippen LogP contribution in [0.25, 0.3) is 0 Å². The van der Waals surface area contributed by atoms with E-state index in [1.807, 2.05) is 6.07 Å². The van der Waals surface area contributed by atoms with Gasteiger partial charge >= 0.3 is 0 Å². The number of halogens is 2. The molecular weight excluding hydrogens is 401 g/mol. The highest BCUT2D eigenvalue weighted by molar-refractivity contribution is 6.44. The lowest BCUT2D eigenvalue weighted by Gasteiger charge is -2.12. The first-order valence-corrected chi connectivity index (χ1v) is 9.08. The molecule has 3 aromatic rings. The molecule has 0 aliphatic carbocycles. The highest BCUT2D eigenvalue weighted by atomic mass is 35.5. The fourth-order valence-electron chi connectivity index (χ4n) is 2.58. The number of primary amides is 1. The van der Waals surface area contributed by atoms with Crippen molar-refractivity contribution in [1.29, 1.82) is 0 Å². The lowest BCUT2D eigenvalue weighted by atomic mass is 10.1. The lowest BCUT2D eigenvalue weighted by molar-refractivity contribution is 0.0996. The largest absolute Gasteiger partial charge is 0.487 e. The molecular formula is C20H17Cl2N3O3. The number of carbonyl (C=O) groups excluding carboxylic acids is 2. The van der Waals surface area contributed by atoms with E-state index in [-0.39, 0.29) is 17.3 Å². The van der Waals surface area contributed by atoms with Gasteiger partial charge in [-0.2, -0.15) is 0 Å². The predicted molar refractivity (Wildman–Crippen MR) is 109 cm³/mol. The highest BCUT2D eigenvalue weighted by Gasteiger charge is 2.19. The lowest BCUT2D eigenvalue weighted by Crippen LogP contribution is -2.14. The Morgan fingerprint density at radius 3 is 2.54 bits per heavy atom. The third kappa shape index (κ3) is 4.30. The molecule has 0 saturated carbocycles. The first-order chi connectivity index (χ1) is 13.4. The van der Waals surface area contributed by atoms with E-state index >= 15 is 0 Å². The summed E-state index contributed by atoms with van der Waals surface area (Å²) >= 11 is 12.1. The van der Waals surface area contributed by atoms with Gasteiger partial charge in [0.15, 0.2) is 0 Å². The maximum atomic E-state index is 12.6. The van der Waals surface area contributed by atoms with E-state index in [4.69, 9.17) is 33.7 Å². The summed E-state index contributed by atoms with van der Waals surface area (Å²) in [5.41, 5.74) is 7.72. The molecule has 1 aromatic heterocycles. The zero-order valence-corrected chi connectivity index (χ0v) is 16.4. The van der Waals surface area contributed by atoms with Gasteiger partial charge in [0.2, 0.25) is 5.91 Å². The second-order valence-electron chi connectivity index (χ2n) is 6.06. The number of anilines is 1. The zero-order chi connectivity index (χ0) is 20.3. The van der Waals surface area contributed by atoms with Crippen LogP contribution in [0, 0.1) is 6.92 Å². The summed E-state index contributed by atoms with van der Waals surface area (Å²) in [7, 11) is 0. The molecule has 144 valence electrons. The molecule has 2 amide bonds. The van der Waals surface area contributed by atoms with E-state index in [9.17, 15) is 9.59 Å². The van der Waals surface area contributed by atoms with Gasteiger partial charge in [-0.3, -0.25) is 9.59 Å². The molecule has 4 N–H and O–H groups in total. The van der Waals surface area contributed by atoms with Crippen LogP contribution in [-0.2, 0) is 6.61 Å². The number of amides is 2. The maximum absolute atomic E-state index is 12.6. The number of hydrogen-bond acceptors (Lipinski definition) is 3. The smallest absolute Gasteiger partial charge is 0.273 e. The number of hydrogen-bond donors (Lipinski definition) is 3. The molecule has 3 rings (SSSR count). The van der Waals surface area contributed by atoms with Crippen molar-refractivity contribution in [1.82, 2.24) is 4.98 Å². The number of ether oxygens (including phenoxy) is 1. The summed E-state index contributed by atoms with van der Waals surface area (Å²) in [5.74, 6) is -0.483. The molecule has 1 heterocycles. The van der Waals surface area contributed by atoms with Gasteiger partial charge in [-0.05, 0) is 36.8 Å². The van der Waals surface area contributed by atoms with Crippen LogP contribution in [0.15, 0.2) is 48.5 Å². The quantitative estimate of drug-likeness (QED) is 0.548. The summed E-state index contributed by atoms with van der Waals surface area (Å²) in [6, 6.07) is 13.8. The SMILES string of the molecule is Cc1[nH]c(C(=O)Nc2ccccc2OCc2cccc(C(N)=O)c2)c(Cl)c1Cl. The van der Waals surface area contributed by atoms with Crippen LogP contribution >= 0.6 is 23.2 Å². The van der Waals surface area contributed by atoms with Crippen LogP contribution in [0.4, 0.5) is 5.69 Å². The van der Waals surface area contributed by atoms with Crippen molar-refractivity contribution in [3.05, 3.63) is 81.1 Å². The second-order valence-corrected chi connectivity index (χ2v) is 6.81. The van der Waals surface area contributed by atoms with Gasteiger partial charge in [-0.15, -0.1) is 0 Å². The number of aryl methyl sites for hydroxylation is 1. The van der Waals surface area contributed by atoms with Gasteiger partial charge in [0.1, 0.15) is 18.1 Å². The minimum Gasteiger partial charge on any atom is -0.487 e. The number of nitrogens with two attached hydrogens (primary N) is 1. The van der Waals surface area contributed by atoms with Crippen molar-refractivity contribution in [2.24, 2.45) is 5.73 Å². The van der Waals surface area contributed by atoms with Crippen molar-refractivity contribution < 1.29 is 14.3 Å². The van der Waals surface area contributed by atoms with Crippen LogP contribution in [0.2, 0.25) is 10.0 Å². The summed E-state index contributed by atoms with van der Waals surface area (Å²) < 4.78 is 5.82. The number of nitrogens with one attached hydrogen (secondary N) is 2. The molecule has 2 aromatic carbocycles. The molecule has 6 nitrogen and oxygen atoms in total. The Morgan fingerprint density at radius 1 is 1.11 bits per heavy atom. The predicted octanol–water partition coefficient (Wildman–Crippen LogP) is 4.56. The van der Waals surface area contributed by atoms with Gasteiger partial charge in [-0.25, -0.2) is 0 Å². The minimum absolute atomic E-state index is 0.165. The Balaban J connectivity index is 1.76. The average molecular weight is 418 g/mol. The number of rotatable bonds is 6. The van der Waals surface area contributed by atoms with Gasteiger partial charge in [-0.1, -0.05) is 47.5 Å². The van der Waals surface area contributed by atoms with Crippen LogP contribution in [0.3, 0.4) is 0 Å². The normalized spacial score (nSPS) is 10.5. The molecule has 0 aliphatic heterocycles. The van der Waals surface area contributed by atoms with E-state index < -0.39 is 11.8 Å². The fourth-order valence-corrected chi connectivity index (χ4v) is 3.00. The van der Waals surface area contributed by atoms with Crippen LogP contribution < -0.4 is 15.8 Å². The maximum Gasteiger partial charge on any atom is 0.273 e. The summed E-state index contributed by atoms with van der Waals surface area (Å²) in [4.78, 5) is 26.7. The van der Waals surface area contributed by atoms with Crippen LogP contribution in [-0.4, -0.2) is 16.8 Å². The van der Waals surface area contributed by atoms with Crippen molar-refractivity contribution in [2.75, 3.05) is 5.32 Å². The van der Waals surface area contributed by atoms with E-state index in [0.29, 0.717) is 27.7 Å². The Bertz CT molecular complexity index is 1050. The summed E-state index contributed by atoms with van der Waals surface area (Å²) in [6.07, 6.45) is 0. The van der Waals surface area contributed by atoms with Crippen molar-refractivity contribution in [3.8, 4) is 5.75 Å². The van der Waals surface area contributed by atoms with E-state index in [0.717, 1.165) is 5.56 Å². The van der Waals surface area contributed by atoms with Gasteiger partial charge in [0.25, 0.3) is 5.91 Å². The third-order valence-electron chi connectivity index (χ3n) is 4.02. The van der Waals surface area contributed by atoms with Crippen molar-refractivity contribution >= 4 is 40.7 Å². The molecule has 0 fully saturated rings. The molecule has 0 radical (unpaired) electrons. The fraction of sp³-hybridized carbons (Fsp3) is 0.100. The number of benzene rings is 2. The molecule has 0 bridgehead atoms. The number of carbonyl (C=O) groups is 2. The average Bonchev–Trinajstić information content (AvgIpc) is 2.95. The van der Waals surface area contributed by atoms with E-state index in [1.165, 1.54) is 0 Å². The summed E-state index contributed by atoms with van der Waals surface area (Å²) in [6.45, 7) is 1.92. The van der Waals surface area contributed by atoms with Crippen LogP contribution in [0.5, 0.6) is 5.75 Å². The Labute approximate surface area is 171 Å². The molecule has 0 atom stereocenters. The first kappa shape index (κ1) is 19.8. The second kappa shape index (κ2) is 8.37. The summed E-state index contributed by atoms with van der Waals surface area (Å²) in [5, 5.41) is 3.24. The van der Waals surface area contributed by atoms with Crippen LogP contribution in [0.1, 0.15) is 32.1 Å². The third-order valence-corrected chi connectivity index (χ3v) is 4.97. The Morgan fingerprint density at radius 2 is 1.86 bits per heavy atom. The number of para-hydroxylation sites is 2. The Kier molecular flexibility index (Phi) is 5.92. The standard InChI is InChI=1S/C20H17Cl2N3O3/c1-11-16(21)17(22)18(24-11)20(27)25-14-7-2-3-8-15(14)28-10-12-5-4-6-13(9-12)19(23)26/h2-9,24H,10H2,1H3,(H2,23,26)(H,25,27). The minimum atomic E-state index is -0.508. The molecule has 8 heteroatoms. The highest BCUT2D eigenvalue weighted by Crippen LogP contribution is 2.31. The molecule has 0 spiro atoms. The number of H-pyrrole nitrogens is 1. The van der Waals surface area contributed by atoms with E-state index in [1.54, 1.807) is 49.4 Å². The van der Waals surface area contributed by atoms with Gasteiger partial charge in [0.05, 0.1) is 15.7 Å². The van der Waals surface area contributed by atoms with Gasteiger partial charge in [0, 0.05) is 11.3 Å². The number of aromatic nitrogens is 1. The van der Waals surface area contributed by atoms with E-state index in [2.05, 4.69) is 10.3 Å². The molecule has 28 heavy (non-hydrogen) atoms. The molecule has 0 unspecified atom stereocenters. The first-order valence-electron chi connectivity index (χ1n) is 8.32. The molecule has 0 saturated heterocycles. The zero-order valence-electron chi connectivity index (χ0n) is 14.9. The van der Waals surface area contributed by atoms with Crippen molar-refractivity contribution in [3.63, 3.8) is 0 Å². The molecule has 0 aliphatic rings. The Hall–Kier alpha value is -2.96. The monoisotopic (exact) mass is 417 g/mol.